The lowest BCUT2D eigenvalue weighted by Gasteiger charge is -2.19. The van der Waals surface area contributed by atoms with Crippen molar-refractivity contribution in [2.45, 2.75) is 26.3 Å². The summed E-state index contributed by atoms with van der Waals surface area (Å²) in [4.78, 5) is 0. The Balaban J connectivity index is 2.33. The van der Waals surface area contributed by atoms with E-state index in [4.69, 9.17) is 16.3 Å². The Kier molecular flexibility index (Phi) is 5.05. The van der Waals surface area contributed by atoms with Gasteiger partial charge in [0, 0.05) is 16.6 Å². The van der Waals surface area contributed by atoms with Crippen molar-refractivity contribution < 1.29 is 4.74 Å². The maximum absolute atomic E-state index is 6.08. The summed E-state index contributed by atoms with van der Waals surface area (Å²) in [6, 6.07) is 14.1. The second-order valence-corrected chi connectivity index (χ2v) is 5.24. The number of ether oxygens (including phenoxy) is 1. The monoisotopic (exact) mass is 289 g/mol. The maximum Gasteiger partial charge on any atom is 0.132 e. The lowest BCUT2D eigenvalue weighted by atomic mass is 10.0. The van der Waals surface area contributed by atoms with Crippen molar-refractivity contribution in [3.63, 3.8) is 0 Å². The van der Waals surface area contributed by atoms with Crippen LogP contribution >= 0.6 is 11.6 Å². The van der Waals surface area contributed by atoms with Gasteiger partial charge in [-0.25, -0.2) is 0 Å². The first-order valence-electron chi connectivity index (χ1n) is 6.86. The van der Waals surface area contributed by atoms with Crippen LogP contribution in [0.15, 0.2) is 42.5 Å². The van der Waals surface area contributed by atoms with Crippen molar-refractivity contribution in [3.8, 4) is 11.5 Å². The van der Waals surface area contributed by atoms with Crippen LogP contribution in [-0.4, -0.2) is 7.05 Å². The highest BCUT2D eigenvalue weighted by Gasteiger charge is 2.13. The molecule has 3 heteroatoms. The predicted molar refractivity (Wildman–Crippen MR) is 84.8 cm³/mol. The molecule has 2 aromatic rings. The molecule has 0 aromatic heterocycles. The Morgan fingerprint density at radius 3 is 2.55 bits per heavy atom. The molecule has 1 unspecified atom stereocenters. The van der Waals surface area contributed by atoms with Crippen LogP contribution in [0.5, 0.6) is 11.5 Å². The molecular weight excluding hydrogens is 270 g/mol. The third-order valence-electron chi connectivity index (χ3n) is 3.41. The quantitative estimate of drug-likeness (QED) is 0.826. The van der Waals surface area contributed by atoms with Crippen LogP contribution in [0.4, 0.5) is 0 Å². The van der Waals surface area contributed by atoms with Gasteiger partial charge in [-0.3, -0.25) is 0 Å². The van der Waals surface area contributed by atoms with Crippen molar-refractivity contribution in [1.29, 1.82) is 0 Å². The molecule has 0 heterocycles. The van der Waals surface area contributed by atoms with Gasteiger partial charge in [-0.2, -0.15) is 0 Å². The number of aryl methyl sites for hydroxylation is 1. The van der Waals surface area contributed by atoms with Gasteiger partial charge in [-0.05, 0) is 50.2 Å². The van der Waals surface area contributed by atoms with E-state index in [1.807, 2.05) is 50.4 Å². The number of hydrogen-bond donors (Lipinski definition) is 1. The van der Waals surface area contributed by atoms with Gasteiger partial charge in [0.15, 0.2) is 0 Å². The molecule has 106 valence electrons. The number of benzene rings is 2. The third-order valence-corrected chi connectivity index (χ3v) is 3.64. The van der Waals surface area contributed by atoms with Gasteiger partial charge < -0.3 is 10.1 Å². The maximum atomic E-state index is 6.08. The summed E-state index contributed by atoms with van der Waals surface area (Å²) >= 11 is 5.98. The number of halogens is 1. The van der Waals surface area contributed by atoms with Gasteiger partial charge in [-0.1, -0.05) is 36.7 Å². The van der Waals surface area contributed by atoms with E-state index in [9.17, 15) is 0 Å². The standard InChI is InChI=1S/C17H20ClNO/c1-4-15(19-3)14-7-5-6-8-17(14)20-16-10-9-13(18)11-12(16)2/h5-11,15,19H,4H2,1-3H3. The summed E-state index contributed by atoms with van der Waals surface area (Å²) in [5.41, 5.74) is 2.21. The van der Waals surface area contributed by atoms with Crippen molar-refractivity contribution in [3.05, 3.63) is 58.6 Å². The van der Waals surface area contributed by atoms with Crippen LogP contribution in [0.2, 0.25) is 5.02 Å². The van der Waals surface area contributed by atoms with Crippen LogP contribution in [0.3, 0.4) is 0 Å². The normalized spacial score (nSPS) is 12.2. The minimum Gasteiger partial charge on any atom is -0.457 e. The van der Waals surface area contributed by atoms with Gasteiger partial charge >= 0.3 is 0 Å². The highest BCUT2D eigenvalue weighted by atomic mass is 35.5. The average molecular weight is 290 g/mol. The molecule has 0 saturated carbocycles. The van der Waals surface area contributed by atoms with Gasteiger partial charge in [0.1, 0.15) is 11.5 Å². The van der Waals surface area contributed by atoms with Crippen molar-refractivity contribution in [2.75, 3.05) is 7.05 Å². The number of rotatable bonds is 5. The van der Waals surface area contributed by atoms with Crippen LogP contribution in [0.25, 0.3) is 0 Å². The molecule has 2 rings (SSSR count). The summed E-state index contributed by atoms with van der Waals surface area (Å²) < 4.78 is 6.08. The van der Waals surface area contributed by atoms with Gasteiger partial charge in [0.2, 0.25) is 0 Å². The van der Waals surface area contributed by atoms with Crippen LogP contribution in [0, 0.1) is 6.92 Å². The lowest BCUT2D eigenvalue weighted by molar-refractivity contribution is 0.456. The summed E-state index contributed by atoms with van der Waals surface area (Å²) in [6.45, 7) is 4.16. The average Bonchev–Trinajstić information content (AvgIpc) is 2.45. The largest absolute Gasteiger partial charge is 0.457 e. The first-order chi connectivity index (χ1) is 9.65. The highest BCUT2D eigenvalue weighted by Crippen LogP contribution is 2.33. The van der Waals surface area contributed by atoms with Gasteiger partial charge in [0.05, 0.1) is 0 Å². The summed E-state index contributed by atoms with van der Waals surface area (Å²) in [5, 5.41) is 4.04. The molecule has 0 aliphatic carbocycles. The predicted octanol–water partition coefficient (Wildman–Crippen LogP) is 5.11. The minimum atomic E-state index is 0.291. The second-order valence-electron chi connectivity index (χ2n) is 4.80. The molecule has 0 aliphatic rings. The minimum absolute atomic E-state index is 0.291. The molecule has 0 fully saturated rings. The van der Waals surface area contributed by atoms with E-state index < -0.39 is 0 Å². The third kappa shape index (κ3) is 3.33. The van der Waals surface area contributed by atoms with E-state index in [0.29, 0.717) is 6.04 Å². The molecule has 0 radical (unpaired) electrons. The Morgan fingerprint density at radius 2 is 1.90 bits per heavy atom. The molecule has 0 bridgehead atoms. The van der Waals surface area contributed by atoms with Crippen LogP contribution in [-0.2, 0) is 0 Å². The second kappa shape index (κ2) is 6.78. The SMILES string of the molecule is CCC(NC)c1ccccc1Oc1ccc(Cl)cc1C. The molecule has 2 aromatic carbocycles. The van der Waals surface area contributed by atoms with E-state index in [1.165, 1.54) is 5.56 Å². The van der Waals surface area contributed by atoms with E-state index in [-0.39, 0.29) is 0 Å². The topological polar surface area (TPSA) is 21.3 Å². The van der Waals surface area contributed by atoms with E-state index in [1.54, 1.807) is 0 Å². The van der Waals surface area contributed by atoms with Gasteiger partial charge in [0.25, 0.3) is 0 Å². The zero-order chi connectivity index (χ0) is 14.5. The molecular formula is C17H20ClNO. The molecule has 20 heavy (non-hydrogen) atoms. The highest BCUT2D eigenvalue weighted by molar-refractivity contribution is 6.30. The van der Waals surface area contributed by atoms with Gasteiger partial charge in [-0.15, -0.1) is 0 Å². The number of nitrogens with one attached hydrogen (secondary N) is 1. The van der Waals surface area contributed by atoms with Crippen molar-refractivity contribution >= 4 is 11.6 Å². The molecule has 0 aliphatic heterocycles. The molecule has 0 amide bonds. The number of hydrogen-bond acceptors (Lipinski definition) is 2. The fourth-order valence-electron chi connectivity index (χ4n) is 2.29. The smallest absolute Gasteiger partial charge is 0.132 e. The summed E-state index contributed by atoms with van der Waals surface area (Å²) in [5.74, 6) is 1.73. The first-order valence-corrected chi connectivity index (χ1v) is 7.23. The van der Waals surface area contributed by atoms with Crippen LogP contribution < -0.4 is 10.1 Å². The molecule has 1 N–H and O–H groups in total. The van der Waals surface area contributed by atoms with E-state index in [0.717, 1.165) is 28.5 Å². The summed E-state index contributed by atoms with van der Waals surface area (Å²) in [7, 11) is 1.97. The molecule has 1 atom stereocenters. The van der Waals surface area contributed by atoms with Crippen molar-refractivity contribution in [2.24, 2.45) is 0 Å². The Hall–Kier alpha value is -1.51. The lowest BCUT2D eigenvalue weighted by Crippen LogP contribution is -2.15. The zero-order valence-electron chi connectivity index (χ0n) is 12.1. The zero-order valence-corrected chi connectivity index (χ0v) is 12.9. The van der Waals surface area contributed by atoms with Crippen molar-refractivity contribution in [1.82, 2.24) is 5.32 Å². The summed E-state index contributed by atoms with van der Waals surface area (Å²) in [6.07, 6.45) is 1.01. The Bertz CT molecular complexity index is 579. The Labute approximate surface area is 125 Å². The fourth-order valence-corrected chi connectivity index (χ4v) is 2.51. The number of para-hydroxylation sites is 1. The van der Waals surface area contributed by atoms with Crippen LogP contribution in [0.1, 0.15) is 30.5 Å². The molecule has 0 saturated heterocycles. The molecule has 0 spiro atoms. The Morgan fingerprint density at radius 1 is 1.15 bits per heavy atom. The molecule has 2 nitrogen and oxygen atoms in total. The fraction of sp³-hybridized carbons (Fsp3) is 0.294. The van der Waals surface area contributed by atoms with E-state index >= 15 is 0 Å². The first kappa shape index (κ1) is 14.9. The van der Waals surface area contributed by atoms with E-state index in [2.05, 4.69) is 18.3 Å².